The SMILES string of the molecule is CC(C)(O)O[C@@H]1C[C@]2(C[C@H]1n1ccc3c(N)ncnc31)C[C@H](Oc1ccc3cccnc3c1)C2. The number of nitrogen functional groups attached to an aromatic ring is 1. The molecular weight excluding hydrogens is 430 g/mol. The summed E-state index contributed by atoms with van der Waals surface area (Å²) < 4.78 is 14.6. The summed E-state index contributed by atoms with van der Waals surface area (Å²) in [5.41, 5.74) is 7.91. The van der Waals surface area contributed by atoms with E-state index in [2.05, 4.69) is 31.7 Å². The van der Waals surface area contributed by atoms with E-state index in [0.717, 1.165) is 53.4 Å². The Morgan fingerprint density at radius 3 is 2.76 bits per heavy atom. The maximum Gasteiger partial charge on any atom is 0.160 e. The Hall–Kier alpha value is -3.23. The number of anilines is 1. The smallest absolute Gasteiger partial charge is 0.160 e. The Kier molecular flexibility index (Phi) is 4.79. The van der Waals surface area contributed by atoms with E-state index in [1.54, 1.807) is 20.0 Å². The number of nitrogens with two attached hydrogens (primary N) is 1. The molecule has 0 bridgehead atoms. The average Bonchev–Trinajstić information content (AvgIpc) is 3.35. The van der Waals surface area contributed by atoms with Crippen LogP contribution in [-0.4, -0.2) is 42.6 Å². The minimum absolute atomic E-state index is 0.0454. The summed E-state index contributed by atoms with van der Waals surface area (Å²) in [6, 6.07) is 12.1. The van der Waals surface area contributed by atoms with Crippen molar-refractivity contribution < 1.29 is 14.6 Å². The number of benzene rings is 1. The Morgan fingerprint density at radius 2 is 1.94 bits per heavy atom. The van der Waals surface area contributed by atoms with Gasteiger partial charge in [0.2, 0.25) is 0 Å². The van der Waals surface area contributed by atoms with Crippen molar-refractivity contribution in [1.29, 1.82) is 0 Å². The lowest BCUT2D eigenvalue weighted by atomic mass is 9.65. The van der Waals surface area contributed by atoms with E-state index in [0.29, 0.717) is 5.82 Å². The van der Waals surface area contributed by atoms with Crippen molar-refractivity contribution in [3.05, 3.63) is 55.1 Å². The zero-order valence-electron chi connectivity index (χ0n) is 19.4. The summed E-state index contributed by atoms with van der Waals surface area (Å²) in [4.78, 5) is 13.0. The number of pyridine rings is 1. The third-order valence-electron chi connectivity index (χ3n) is 7.24. The van der Waals surface area contributed by atoms with Crippen molar-refractivity contribution in [2.75, 3.05) is 5.73 Å². The molecule has 0 amide bonds. The van der Waals surface area contributed by atoms with Crippen LogP contribution in [0.15, 0.2) is 55.1 Å². The Bertz CT molecular complexity index is 1360. The van der Waals surface area contributed by atoms with Crippen molar-refractivity contribution in [3.63, 3.8) is 0 Å². The maximum absolute atomic E-state index is 10.4. The first-order chi connectivity index (χ1) is 16.3. The molecule has 0 saturated heterocycles. The summed E-state index contributed by atoms with van der Waals surface area (Å²) >= 11 is 0. The van der Waals surface area contributed by atoms with E-state index in [1.165, 1.54) is 6.33 Å². The van der Waals surface area contributed by atoms with Crippen molar-refractivity contribution >= 4 is 27.8 Å². The van der Waals surface area contributed by atoms with E-state index in [1.807, 2.05) is 30.5 Å². The molecule has 0 aliphatic heterocycles. The molecule has 34 heavy (non-hydrogen) atoms. The predicted molar refractivity (Wildman–Crippen MR) is 129 cm³/mol. The number of nitrogens with zero attached hydrogens (tertiary/aromatic N) is 4. The van der Waals surface area contributed by atoms with Gasteiger partial charge in [-0.15, -0.1) is 0 Å². The molecule has 1 aromatic carbocycles. The highest BCUT2D eigenvalue weighted by atomic mass is 16.6. The largest absolute Gasteiger partial charge is 0.490 e. The summed E-state index contributed by atoms with van der Waals surface area (Å²) in [5, 5.41) is 12.4. The number of fused-ring (bicyclic) bond motifs is 2. The molecule has 4 aromatic rings. The number of aromatic nitrogens is 4. The second-order valence-electron chi connectivity index (χ2n) is 10.3. The Morgan fingerprint density at radius 1 is 1.09 bits per heavy atom. The highest BCUT2D eigenvalue weighted by molar-refractivity contribution is 5.86. The summed E-state index contributed by atoms with van der Waals surface area (Å²) in [5.74, 6) is 0.107. The third-order valence-corrected chi connectivity index (χ3v) is 7.24. The van der Waals surface area contributed by atoms with Gasteiger partial charge in [0.25, 0.3) is 0 Å². The first-order valence-electron chi connectivity index (χ1n) is 11.8. The number of rotatable bonds is 5. The number of aliphatic hydroxyl groups is 1. The normalized spacial score (nSPS) is 26.9. The van der Waals surface area contributed by atoms with Gasteiger partial charge < -0.3 is 24.9 Å². The van der Waals surface area contributed by atoms with Crippen molar-refractivity contribution in [2.45, 2.75) is 63.6 Å². The van der Waals surface area contributed by atoms with Crippen molar-refractivity contribution in [3.8, 4) is 5.75 Å². The van der Waals surface area contributed by atoms with Gasteiger partial charge in [0.05, 0.1) is 29.2 Å². The first kappa shape index (κ1) is 21.3. The van der Waals surface area contributed by atoms with Gasteiger partial charge in [-0.05, 0) is 69.2 Å². The van der Waals surface area contributed by atoms with Gasteiger partial charge in [-0.3, -0.25) is 4.98 Å². The molecule has 2 fully saturated rings. The van der Waals surface area contributed by atoms with E-state index >= 15 is 0 Å². The lowest BCUT2D eigenvalue weighted by Crippen LogP contribution is -2.43. The van der Waals surface area contributed by atoms with Crippen LogP contribution in [0.5, 0.6) is 5.75 Å². The monoisotopic (exact) mass is 459 g/mol. The number of ether oxygens (including phenoxy) is 2. The highest BCUT2D eigenvalue weighted by Gasteiger charge is 2.55. The standard InChI is InChI=1S/C26H29N5O3/c1-25(2,32)34-22-14-26(13-21(22)31-9-7-19-23(27)29-15-30-24(19)31)11-18(12-26)33-17-6-5-16-4-3-8-28-20(16)10-17/h3-10,15,18,21-22,32H,11-14H2,1-2H3,(H2,27,29,30)/t18-,21-,22-,26+/m1/s1. The fourth-order valence-corrected chi connectivity index (χ4v) is 5.88. The molecule has 8 nitrogen and oxygen atoms in total. The molecular formula is C26H29N5O3. The topological polar surface area (TPSA) is 108 Å². The van der Waals surface area contributed by atoms with Crippen LogP contribution in [-0.2, 0) is 4.74 Å². The van der Waals surface area contributed by atoms with Crippen LogP contribution in [0.25, 0.3) is 21.9 Å². The van der Waals surface area contributed by atoms with Crippen LogP contribution in [0.3, 0.4) is 0 Å². The van der Waals surface area contributed by atoms with E-state index in [4.69, 9.17) is 15.2 Å². The predicted octanol–water partition coefficient (Wildman–Crippen LogP) is 4.24. The fraction of sp³-hybridized carbons (Fsp3) is 0.423. The van der Waals surface area contributed by atoms with Crippen LogP contribution >= 0.6 is 0 Å². The number of hydrogen-bond donors (Lipinski definition) is 2. The molecule has 3 aromatic heterocycles. The second-order valence-corrected chi connectivity index (χ2v) is 10.3. The zero-order valence-corrected chi connectivity index (χ0v) is 19.4. The molecule has 2 aliphatic carbocycles. The van der Waals surface area contributed by atoms with Crippen LogP contribution in [0.4, 0.5) is 5.82 Å². The lowest BCUT2D eigenvalue weighted by molar-refractivity contribution is -0.212. The minimum atomic E-state index is -1.22. The highest BCUT2D eigenvalue weighted by Crippen LogP contribution is 2.58. The van der Waals surface area contributed by atoms with Crippen molar-refractivity contribution in [1.82, 2.24) is 19.5 Å². The molecule has 2 saturated carbocycles. The van der Waals surface area contributed by atoms with Gasteiger partial charge >= 0.3 is 0 Å². The van der Waals surface area contributed by atoms with Crippen LogP contribution in [0, 0.1) is 5.41 Å². The maximum atomic E-state index is 10.4. The van der Waals surface area contributed by atoms with Gasteiger partial charge in [-0.25, -0.2) is 9.97 Å². The second kappa shape index (κ2) is 7.65. The average molecular weight is 460 g/mol. The zero-order chi connectivity index (χ0) is 23.5. The molecule has 3 heterocycles. The van der Waals surface area contributed by atoms with Gasteiger partial charge in [-0.2, -0.15) is 0 Å². The fourth-order valence-electron chi connectivity index (χ4n) is 5.88. The first-order valence-corrected chi connectivity index (χ1v) is 11.8. The molecule has 1 spiro atoms. The summed E-state index contributed by atoms with van der Waals surface area (Å²) in [7, 11) is 0. The van der Waals surface area contributed by atoms with E-state index in [-0.39, 0.29) is 23.7 Å². The molecule has 2 aliphatic rings. The molecule has 3 N–H and O–H groups in total. The Balaban J connectivity index is 1.22. The minimum Gasteiger partial charge on any atom is -0.490 e. The van der Waals surface area contributed by atoms with Gasteiger partial charge in [0.1, 0.15) is 23.5 Å². The van der Waals surface area contributed by atoms with Gasteiger partial charge in [0, 0.05) is 23.8 Å². The number of hydrogen-bond acceptors (Lipinski definition) is 7. The van der Waals surface area contributed by atoms with Gasteiger partial charge in [-0.1, -0.05) is 6.07 Å². The molecule has 2 atom stereocenters. The molecule has 6 rings (SSSR count). The van der Waals surface area contributed by atoms with Crippen LogP contribution < -0.4 is 10.5 Å². The molecule has 0 unspecified atom stereocenters. The quantitative estimate of drug-likeness (QED) is 0.430. The third kappa shape index (κ3) is 3.76. The molecule has 0 radical (unpaired) electrons. The van der Waals surface area contributed by atoms with E-state index < -0.39 is 5.79 Å². The molecule has 176 valence electrons. The summed E-state index contributed by atoms with van der Waals surface area (Å²) in [6.45, 7) is 3.37. The summed E-state index contributed by atoms with van der Waals surface area (Å²) in [6.07, 6.45) is 9.01. The van der Waals surface area contributed by atoms with Crippen LogP contribution in [0.1, 0.15) is 45.6 Å². The Labute approximate surface area is 197 Å². The van der Waals surface area contributed by atoms with Gasteiger partial charge in [0.15, 0.2) is 5.79 Å². The lowest BCUT2D eigenvalue weighted by Gasteiger charge is -2.45. The van der Waals surface area contributed by atoms with Crippen LogP contribution in [0.2, 0.25) is 0 Å². The van der Waals surface area contributed by atoms with Crippen molar-refractivity contribution in [2.24, 2.45) is 5.41 Å². The van der Waals surface area contributed by atoms with E-state index in [9.17, 15) is 5.11 Å². The molecule has 8 heteroatoms.